The molecule has 0 bridgehead atoms. The second kappa shape index (κ2) is 21.4. The maximum Gasteiger partial charge on any atom is 0.305 e. The van der Waals surface area contributed by atoms with E-state index in [1.54, 1.807) is 0 Å². The molecule has 0 saturated heterocycles. The van der Waals surface area contributed by atoms with Gasteiger partial charge in [0, 0.05) is 19.5 Å². The number of carbonyl (C=O) groups excluding carboxylic acids is 1. The Kier molecular flexibility index (Phi) is 20.9. The Labute approximate surface area is 156 Å². The van der Waals surface area contributed by atoms with Gasteiger partial charge in [0.05, 0.1) is 6.61 Å². The van der Waals surface area contributed by atoms with E-state index in [0.29, 0.717) is 26.1 Å². The Bertz CT molecular complexity index is 272. The molecule has 4 heteroatoms. The average molecular weight is 358 g/mol. The van der Waals surface area contributed by atoms with Crippen molar-refractivity contribution < 1.29 is 14.6 Å². The van der Waals surface area contributed by atoms with Crippen molar-refractivity contribution in [2.24, 2.45) is 0 Å². The standard InChI is InChI=1S/C21H43NO3/c1-2-3-4-5-6-7-8-9-10-11-12-13-14-15-16-21(24)25-20-18-22-17-19-23/h22-23H,2-20H2,1H3. The molecule has 0 spiro atoms. The predicted molar refractivity (Wildman–Crippen MR) is 106 cm³/mol. The second-order valence-electron chi connectivity index (χ2n) is 7.04. The molecule has 150 valence electrons. The number of esters is 1. The first-order chi connectivity index (χ1) is 12.3. The fourth-order valence-corrected chi connectivity index (χ4v) is 2.98. The van der Waals surface area contributed by atoms with E-state index < -0.39 is 0 Å². The van der Waals surface area contributed by atoms with Crippen LogP contribution in [0.1, 0.15) is 103 Å². The maximum atomic E-state index is 11.5. The Balaban J connectivity index is 3.09. The Hall–Kier alpha value is -0.610. The summed E-state index contributed by atoms with van der Waals surface area (Å²) in [5, 5.41) is 11.6. The van der Waals surface area contributed by atoms with Gasteiger partial charge in [0.1, 0.15) is 6.61 Å². The number of nitrogens with one attached hydrogen (secondary N) is 1. The summed E-state index contributed by atoms with van der Waals surface area (Å²) in [7, 11) is 0. The smallest absolute Gasteiger partial charge is 0.305 e. The van der Waals surface area contributed by atoms with Gasteiger partial charge >= 0.3 is 5.97 Å². The van der Waals surface area contributed by atoms with Crippen LogP contribution in [-0.2, 0) is 9.53 Å². The van der Waals surface area contributed by atoms with Gasteiger partial charge < -0.3 is 15.2 Å². The number of aliphatic hydroxyl groups is 1. The van der Waals surface area contributed by atoms with Gasteiger partial charge in [0.2, 0.25) is 0 Å². The average Bonchev–Trinajstić information content (AvgIpc) is 2.62. The van der Waals surface area contributed by atoms with Crippen LogP contribution in [0.4, 0.5) is 0 Å². The monoisotopic (exact) mass is 357 g/mol. The molecule has 25 heavy (non-hydrogen) atoms. The quantitative estimate of drug-likeness (QED) is 0.238. The molecule has 0 aliphatic rings. The van der Waals surface area contributed by atoms with E-state index in [1.165, 1.54) is 77.0 Å². The van der Waals surface area contributed by atoms with E-state index in [1.807, 2.05) is 0 Å². The topological polar surface area (TPSA) is 58.6 Å². The molecule has 0 radical (unpaired) electrons. The lowest BCUT2D eigenvalue weighted by Gasteiger charge is -2.06. The van der Waals surface area contributed by atoms with Gasteiger partial charge in [-0.15, -0.1) is 0 Å². The van der Waals surface area contributed by atoms with Crippen LogP contribution in [0.2, 0.25) is 0 Å². The minimum atomic E-state index is -0.0928. The van der Waals surface area contributed by atoms with Crippen molar-refractivity contribution in [3.63, 3.8) is 0 Å². The van der Waals surface area contributed by atoms with Crippen molar-refractivity contribution in [1.29, 1.82) is 0 Å². The van der Waals surface area contributed by atoms with E-state index >= 15 is 0 Å². The van der Waals surface area contributed by atoms with Crippen molar-refractivity contribution in [2.75, 3.05) is 26.3 Å². The zero-order valence-corrected chi connectivity index (χ0v) is 16.7. The summed E-state index contributed by atoms with van der Waals surface area (Å²) in [4.78, 5) is 11.5. The highest BCUT2D eigenvalue weighted by Crippen LogP contribution is 2.13. The van der Waals surface area contributed by atoms with Gasteiger partial charge in [0.25, 0.3) is 0 Å². The van der Waals surface area contributed by atoms with Gasteiger partial charge in [-0.2, -0.15) is 0 Å². The summed E-state index contributed by atoms with van der Waals surface area (Å²) >= 11 is 0. The Morgan fingerprint density at radius 3 is 1.72 bits per heavy atom. The summed E-state index contributed by atoms with van der Waals surface area (Å²) in [6, 6.07) is 0. The SMILES string of the molecule is CCCCCCCCCCCCCCCCC(=O)OCCNCCO. The predicted octanol–water partition coefficient (Wildman–Crippen LogP) is 4.98. The van der Waals surface area contributed by atoms with Crippen LogP contribution in [0.15, 0.2) is 0 Å². The molecule has 0 aromatic heterocycles. The number of unbranched alkanes of at least 4 members (excludes halogenated alkanes) is 13. The lowest BCUT2D eigenvalue weighted by atomic mass is 10.0. The fraction of sp³-hybridized carbons (Fsp3) is 0.952. The first-order valence-corrected chi connectivity index (χ1v) is 10.8. The Morgan fingerprint density at radius 1 is 0.760 bits per heavy atom. The van der Waals surface area contributed by atoms with E-state index in [0.717, 1.165) is 12.8 Å². The molecule has 4 nitrogen and oxygen atoms in total. The van der Waals surface area contributed by atoms with Crippen LogP contribution >= 0.6 is 0 Å². The van der Waals surface area contributed by atoms with Gasteiger partial charge in [0.15, 0.2) is 0 Å². The summed E-state index contributed by atoms with van der Waals surface area (Å²) < 4.78 is 5.12. The molecular weight excluding hydrogens is 314 g/mol. The van der Waals surface area contributed by atoms with Gasteiger partial charge in [-0.05, 0) is 6.42 Å². The molecule has 0 fully saturated rings. The highest BCUT2D eigenvalue weighted by molar-refractivity contribution is 5.69. The van der Waals surface area contributed by atoms with Gasteiger partial charge in [-0.25, -0.2) is 0 Å². The summed E-state index contributed by atoms with van der Waals surface area (Å²) in [5.41, 5.74) is 0. The van der Waals surface area contributed by atoms with Gasteiger partial charge in [-0.1, -0.05) is 90.4 Å². The molecule has 0 aromatic carbocycles. The molecule has 0 atom stereocenters. The number of rotatable bonds is 20. The van der Waals surface area contributed by atoms with Crippen molar-refractivity contribution in [3.8, 4) is 0 Å². The minimum absolute atomic E-state index is 0.0928. The lowest BCUT2D eigenvalue weighted by molar-refractivity contribution is -0.143. The van der Waals surface area contributed by atoms with Crippen LogP contribution in [0.3, 0.4) is 0 Å². The zero-order chi connectivity index (χ0) is 18.4. The number of aliphatic hydroxyl groups excluding tert-OH is 1. The van der Waals surface area contributed by atoms with Crippen LogP contribution < -0.4 is 5.32 Å². The molecule has 0 amide bonds. The molecule has 0 saturated carbocycles. The molecular formula is C21H43NO3. The van der Waals surface area contributed by atoms with E-state index in [-0.39, 0.29) is 12.6 Å². The molecule has 0 aliphatic heterocycles. The van der Waals surface area contributed by atoms with Crippen molar-refractivity contribution in [3.05, 3.63) is 0 Å². The molecule has 0 aromatic rings. The van der Waals surface area contributed by atoms with Crippen LogP contribution in [0, 0.1) is 0 Å². The third-order valence-corrected chi connectivity index (χ3v) is 4.56. The van der Waals surface area contributed by atoms with Crippen molar-refractivity contribution in [1.82, 2.24) is 5.32 Å². The first kappa shape index (κ1) is 24.4. The van der Waals surface area contributed by atoms with Crippen LogP contribution in [0.5, 0.6) is 0 Å². The highest BCUT2D eigenvalue weighted by Gasteiger charge is 2.02. The minimum Gasteiger partial charge on any atom is -0.464 e. The summed E-state index contributed by atoms with van der Waals surface area (Å²) in [5.74, 6) is -0.0928. The number of hydrogen-bond donors (Lipinski definition) is 2. The molecule has 0 heterocycles. The summed E-state index contributed by atoms with van der Waals surface area (Å²) in [6.45, 7) is 3.96. The van der Waals surface area contributed by atoms with Crippen molar-refractivity contribution in [2.45, 2.75) is 103 Å². The largest absolute Gasteiger partial charge is 0.464 e. The van der Waals surface area contributed by atoms with E-state index in [4.69, 9.17) is 9.84 Å². The maximum absolute atomic E-state index is 11.5. The fourth-order valence-electron chi connectivity index (χ4n) is 2.98. The van der Waals surface area contributed by atoms with Crippen molar-refractivity contribution >= 4 is 5.97 Å². The molecule has 0 rings (SSSR count). The molecule has 0 aliphatic carbocycles. The lowest BCUT2D eigenvalue weighted by Crippen LogP contribution is -2.24. The highest BCUT2D eigenvalue weighted by atomic mass is 16.5. The van der Waals surface area contributed by atoms with E-state index in [9.17, 15) is 4.79 Å². The third kappa shape index (κ3) is 21.3. The summed E-state index contributed by atoms with van der Waals surface area (Å²) in [6.07, 6.45) is 19.1. The second-order valence-corrected chi connectivity index (χ2v) is 7.04. The van der Waals surface area contributed by atoms with Crippen LogP contribution in [0.25, 0.3) is 0 Å². The Morgan fingerprint density at radius 2 is 1.24 bits per heavy atom. The van der Waals surface area contributed by atoms with Crippen LogP contribution in [-0.4, -0.2) is 37.4 Å². The number of ether oxygens (including phenoxy) is 1. The number of hydrogen-bond acceptors (Lipinski definition) is 4. The molecule has 2 N–H and O–H groups in total. The zero-order valence-electron chi connectivity index (χ0n) is 16.7. The van der Waals surface area contributed by atoms with Gasteiger partial charge in [-0.3, -0.25) is 4.79 Å². The normalized spacial score (nSPS) is 11.0. The van der Waals surface area contributed by atoms with E-state index in [2.05, 4.69) is 12.2 Å². The number of carbonyl (C=O) groups is 1. The first-order valence-electron chi connectivity index (χ1n) is 10.8. The third-order valence-electron chi connectivity index (χ3n) is 4.56. The molecule has 0 unspecified atom stereocenters.